The van der Waals surface area contributed by atoms with Gasteiger partial charge < -0.3 is 15.2 Å². The summed E-state index contributed by atoms with van der Waals surface area (Å²) in [6.45, 7) is 5.53. The number of aryl methyl sites for hydroxylation is 1. The molecule has 4 nitrogen and oxygen atoms in total. The molecule has 2 unspecified atom stereocenters. The molecule has 0 aliphatic heterocycles. The number of nitrogen functional groups attached to an aromatic ring is 1. The molecule has 1 heterocycles. The second kappa shape index (κ2) is 7.81. The van der Waals surface area contributed by atoms with Crippen molar-refractivity contribution >= 4 is 22.4 Å². The summed E-state index contributed by atoms with van der Waals surface area (Å²) in [5.41, 5.74) is 10.4. The molecule has 0 bridgehead atoms. The Kier molecular flexibility index (Phi) is 5.50. The molecule has 138 valence electrons. The Balaban J connectivity index is 1.87. The van der Waals surface area contributed by atoms with Gasteiger partial charge in [-0.15, -0.1) is 0 Å². The van der Waals surface area contributed by atoms with Gasteiger partial charge in [0.05, 0.1) is 22.4 Å². The number of aromatic nitrogens is 2. The van der Waals surface area contributed by atoms with Crippen LogP contribution in [0.25, 0.3) is 11.0 Å². The molecular weight excluding hydrogens is 320 g/mol. The maximum Gasteiger partial charge on any atom is 0.113 e. The van der Waals surface area contributed by atoms with Gasteiger partial charge in [-0.3, -0.25) is 0 Å². The summed E-state index contributed by atoms with van der Waals surface area (Å²) in [6.07, 6.45) is 2.28. The van der Waals surface area contributed by atoms with Crippen LogP contribution >= 0.6 is 0 Å². The van der Waals surface area contributed by atoms with Crippen LogP contribution in [0.3, 0.4) is 0 Å². The SMILES string of the molecule is CCCC(c1nc2ccccc2n1C)C(C)CN(C)c1ccccc1N. The van der Waals surface area contributed by atoms with E-state index < -0.39 is 0 Å². The number of para-hydroxylation sites is 4. The largest absolute Gasteiger partial charge is 0.397 e. The van der Waals surface area contributed by atoms with E-state index in [0.717, 1.165) is 36.3 Å². The van der Waals surface area contributed by atoms with Gasteiger partial charge in [-0.05, 0) is 36.6 Å². The number of nitrogens with zero attached hydrogens (tertiary/aromatic N) is 3. The quantitative estimate of drug-likeness (QED) is 0.622. The lowest BCUT2D eigenvalue weighted by atomic mass is 9.88. The minimum absolute atomic E-state index is 0.421. The van der Waals surface area contributed by atoms with Crippen molar-refractivity contribution in [3.05, 3.63) is 54.4 Å². The first kappa shape index (κ1) is 18.3. The topological polar surface area (TPSA) is 47.1 Å². The molecule has 2 aromatic carbocycles. The second-order valence-electron chi connectivity index (χ2n) is 7.33. The molecular formula is C22H30N4. The summed E-state index contributed by atoms with van der Waals surface area (Å²) in [6, 6.07) is 16.5. The van der Waals surface area contributed by atoms with Gasteiger partial charge in [0.25, 0.3) is 0 Å². The third-order valence-electron chi connectivity index (χ3n) is 5.35. The van der Waals surface area contributed by atoms with Gasteiger partial charge in [0.2, 0.25) is 0 Å². The Morgan fingerprint density at radius 2 is 1.81 bits per heavy atom. The molecule has 26 heavy (non-hydrogen) atoms. The fourth-order valence-corrected chi connectivity index (χ4v) is 3.97. The summed E-state index contributed by atoms with van der Waals surface area (Å²) in [4.78, 5) is 7.24. The third kappa shape index (κ3) is 3.55. The van der Waals surface area contributed by atoms with Gasteiger partial charge in [-0.25, -0.2) is 4.98 Å². The first-order valence-corrected chi connectivity index (χ1v) is 9.50. The Hall–Kier alpha value is -2.49. The molecule has 0 fully saturated rings. The highest BCUT2D eigenvalue weighted by atomic mass is 15.1. The molecule has 0 radical (unpaired) electrons. The zero-order valence-electron chi connectivity index (χ0n) is 16.3. The van der Waals surface area contributed by atoms with Crippen molar-refractivity contribution in [1.82, 2.24) is 9.55 Å². The van der Waals surface area contributed by atoms with E-state index in [1.165, 1.54) is 11.3 Å². The van der Waals surface area contributed by atoms with E-state index in [-0.39, 0.29) is 0 Å². The fraction of sp³-hybridized carbons (Fsp3) is 0.409. The molecule has 0 aliphatic rings. The lowest BCUT2D eigenvalue weighted by Crippen LogP contribution is -2.29. The van der Waals surface area contributed by atoms with Crippen molar-refractivity contribution in [2.75, 3.05) is 24.2 Å². The molecule has 2 N–H and O–H groups in total. The van der Waals surface area contributed by atoms with Crippen LogP contribution in [0.4, 0.5) is 11.4 Å². The van der Waals surface area contributed by atoms with Crippen LogP contribution in [0.2, 0.25) is 0 Å². The van der Waals surface area contributed by atoms with Crippen molar-refractivity contribution in [3.63, 3.8) is 0 Å². The molecule has 0 aliphatic carbocycles. The average Bonchev–Trinajstić information content (AvgIpc) is 2.96. The van der Waals surface area contributed by atoms with Gasteiger partial charge in [-0.1, -0.05) is 44.5 Å². The van der Waals surface area contributed by atoms with Crippen LogP contribution in [0.15, 0.2) is 48.5 Å². The van der Waals surface area contributed by atoms with Crippen molar-refractivity contribution in [2.45, 2.75) is 32.6 Å². The standard InChI is InChI=1S/C22H30N4/c1-5-10-17(22-24-19-12-7-9-14-21(19)26(22)4)16(2)15-25(3)20-13-8-6-11-18(20)23/h6-9,11-14,16-17H,5,10,15,23H2,1-4H3. The zero-order valence-corrected chi connectivity index (χ0v) is 16.3. The van der Waals surface area contributed by atoms with Crippen molar-refractivity contribution in [1.29, 1.82) is 0 Å². The average molecular weight is 351 g/mol. The lowest BCUT2D eigenvalue weighted by molar-refractivity contribution is 0.409. The van der Waals surface area contributed by atoms with E-state index in [2.05, 4.69) is 67.7 Å². The van der Waals surface area contributed by atoms with Crippen molar-refractivity contribution in [3.8, 4) is 0 Å². The van der Waals surface area contributed by atoms with Crippen LogP contribution in [-0.4, -0.2) is 23.1 Å². The summed E-state index contributed by atoms with van der Waals surface area (Å²) in [5, 5.41) is 0. The second-order valence-corrected chi connectivity index (χ2v) is 7.33. The van der Waals surface area contributed by atoms with Crippen LogP contribution in [0, 0.1) is 5.92 Å². The maximum absolute atomic E-state index is 6.16. The predicted octanol–water partition coefficient (Wildman–Crippen LogP) is 4.81. The lowest BCUT2D eigenvalue weighted by Gasteiger charge is -2.29. The summed E-state index contributed by atoms with van der Waals surface area (Å²) in [5.74, 6) is 2.08. The van der Waals surface area contributed by atoms with Gasteiger partial charge >= 0.3 is 0 Å². The van der Waals surface area contributed by atoms with E-state index in [1.807, 2.05) is 18.2 Å². The number of imidazole rings is 1. The Bertz CT molecular complexity index is 867. The van der Waals surface area contributed by atoms with Gasteiger partial charge in [0.15, 0.2) is 0 Å². The fourth-order valence-electron chi connectivity index (χ4n) is 3.97. The number of benzene rings is 2. The number of fused-ring (bicyclic) bond motifs is 1. The maximum atomic E-state index is 6.16. The van der Waals surface area contributed by atoms with Crippen LogP contribution < -0.4 is 10.6 Å². The van der Waals surface area contributed by atoms with E-state index in [1.54, 1.807) is 0 Å². The number of rotatable bonds is 7. The van der Waals surface area contributed by atoms with E-state index >= 15 is 0 Å². The molecule has 2 atom stereocenters. The van der Waals surface area contributed by atoms with Gasteiger partial charge in [-0.2, -0.15) is 0 Å². The molecule has 0 spiro atoms. The van der Waals surface area contributed by atoms with Crippen LogP contribution in [0.1, 0.15) is 38.4 Å². The molecule has 0 saturated heterocycles. The van der Waals surface area contributed by atoms with Gasteiger partial charge in [0.1, 0.15) is 5.82 Å². The Morgan fingerprint density at radius 1 is 1.12 bits per heavy atom. The number of anilines is 2. The first-order chi connectivity index (χ1) is 12.5. The third-order valence-corrected chi connectivity index (χ3v) is 5.35. The van der Waals surface area contributed by atoms with Crippen LogP contribution in [0.5, 0.6) is 0 Å². The van der Waals surface area contributed by atoms with E-state index in [9.17, 15) is 0 Å². The minimum Gasteiger partial charge on any atom is -0.397 e. The molecule has 1 aromatic heterocycles. The summed E-state index contributed by atoms with van der Waals surface area (Å²) < 4.78 is 2.27. The smallest absolute Gasteiger partial charge is 0.113 e. The monoisotopic (exact) mass is 350 g/mol. The van der Waals surface area contributed by atoms with Crippen LogP contribution in [-0.2, 0) is 7.05 Å². The Morgan fingerprint density at radius 3 is 2.50 bits per heavy atom. The molecule has 4 heteroatoms. The molecule has 0 amide bonds. The van der Waals surface area contributed by atoms with Gasteiger partial charge in [0, 0.05) is 26.6 Å². The van der Waals surface area contributed by atoms with Crippen molar-refractivity contribution < 1.29 is 0 Å². The first-order valence-electron chi connectivity index (χ1n) is 9.50. The normalized spacial score (nSPS) is 13.7. The Labute approximate surface area is 156 Å². The summed E-state index contributed by atoms with van der Waals surface area (Å²) in [7, 11) is 4.26. The minimum atomic E-state index is 0.421. The van der Waals surface area contributed by atoms with E-state index in [4.69, 9.17) is 10.7 Å². The van der Waals surface area contributed by atoms with Crippen molar-refractivity contribution in [2.24, 2.45) is 13.0 Å². The zero-order chi connectivity index (χ0) is 18.7. The summed E-state index contributed by atoms with van der Waals surface area (Å²) >= 11 is 0. The highest BCUT2D eigenvalue weighted by Crippen LogP contribution is 2.32. The predicted molar refractivity (Wildman–Crippen MR) is 112 cm³/mol. The molecule has 0 saturated carbocycles. The number of hydrogen-bond donors (Lipinski definition) is 1. The molecule has 3 rings (SSSR count). The highest BCUT2D eigenvalue weighted by Gasteiger charge is 2.25. The van der Waals surface area contributed by atoms with E-state index in [0.29, 0.717) is 11.8 Å². The number of hydrogen-bond acceptors (Lipinski definition) is 3. The molecule has 3 aromatic rings. The highest BCUT2D eigenvalue weighted by molar-refractivity contribution is 5.76. The number of nitrogens with two attached hydrogens (primary N) is 1.